The van der Waals surface area contributed by atoms with E-state index in [4.69, 9.17) is 9.47 Å². The molecule has 0 unspecified atom stereocenters. The fraction of sp³-hybridized carbons (Fsp3) is 0.195. The minimum atomic E-state index is -3.73. The minimum Gasteiger partial charge on any atom is -0.484 e. The molecule has 0 aliphatic carbocycles. The number of thiazole rings is 1. The van der Waals surface area contributed by atoms with Crippen LogP contribution in [-0.4, -0.2) is 49.1 Å². The number of nitrogens with zero attached hydrogens (tertiary/aromatic N) is 3. The van der Waals surface area contributed by atoms with Crippen LogP contribution in [0.25, 0.3) is 10.9 Å². The second kappa shape index (κ2) is 17.3. The molecule has 6 aromatic rings. The first-order valence-corrected chi connectivity index (χ1v) is 19.6. The molecule has 1 aliphatic heterocycles. The lowest BCUT2D eigenvalue weighted by Crippen LogP contribution is -2.30. The fourth-order valence-corrected chi connectivity index (χ4v) is 7.43. The van der Waals surface area contributed by atoms with E-state index in [1.165, 1.54) is 40.8 Å². The minimum absolute atomic E-state index is 0.00979. The van der Waals surface area contributed by atoms with Gasteiger partial charge in [0.2, 0.25) is 0 Å². The third-order valence-corrected chi connectivity index (χ3v) is 10.8. The van der Waals surface area contributed by atoms with E-state index in [1.807, 2.05) is 68.4 Å². The number of carbonyl (C=O) groups is 2. The van der Waals surface area contributed by atoms with E-state index in [2.05, 4.69) is 38.0 Å². The van der Waals surface area contributed by atoms with E-state index in [-0.39, 0.29) is 23.8 Å². The first kappa shape index (κ1) is 37.8. The van der Waals surface area contributed by atoms with Gasteiger partial charge < -0.3 is 14.8 Å². The van der Waals surface area contributed by atoms with Crippen molar-refractivity contribution >= 4 is 60.7 Å². The number of amides is 1. The molecule has 0 bridgehead atoms. The number of aryl methyl sites for hydroxylation is 3. The molecular formula is C41H39N5O6S2. The number of hydrogen-bond acceptors (Lipinski definition) is 10. The van der Waals surface area contributed by atoms with Gasteiger partial charge in [-0.15, -0.1) is 11.3 Å². The van der Waals surface area contributed by atoms with Gasteiger partial charge in [0.25, 0.3) is 15.9 Å². The van der Waals surface area contributed by atoms with E-state index in [0.29, 0.717) is 23.0 Å². The van der Waals surface area contributed by atoms with Crippen molar-refractivity contribution in [2.45, 2.75) is 44.9 Å². The van der Waals surface area contributed by atoms with Crippen LogP contribution in [0.15, 0.2) is 119 Å². The third kappa shape index (κ3) is 9.94. The van der Waals surface area contributed by atoms with Gasteiger partial charge >= 0.3 is 5.97 Å². The summed E-state index contributed by atoms with van der Waals surface area (Å²) in [5.74, 6) is 0.620. The number of aromatic nitrogens is 2. The number of benzene rings is 4. The molecule has 4 aromatic carbocycles. The van der Waals surface area contributed by atoms with Crippen LogP contribution >= 0.6 is 11.3 Å². The number of para-hydroxylation sites is 2. The summed E-state index contributed by atoms with van der Waals surface area (Å²) in [5, 5.41) is 5.63. The molecule has 0 atom stereocenters. The van der Waals surface area contributed by atoms with Crippen LogP contribution in [0.3, 0.4) is 0 Å². The molecule has 276 valence electrons. The predicted octanol–water partition coefficient (Wildman–Crippen LogP) is 7.47. The first-order chi connectivity index (χ1) is 26.0. The maximum absolute atomic E-state index is 12.4. The summed E-state index contributed by atoms with van der Waals surface area (Å²) in [6.07, 6.45) is 4.78. The molecule has 0 saturated heterocycles. The highest BCUT2D eigenvalue weighted by molar-refractivity contribution is 7.93. The predicted molar refractivity (Wildman–Crippen MR) is 211 cm³/mol. The Hall–Kier alpha value is -5.92. The van der Waals surface area contributed by atoms with Gasteiger partial charge in [-0.25, -0.2) is 13.4 Å². The number of sulfonamides is 1. The van der Waals surface area contributed by atoms with Gasteiger partial charge in [0, 0.05) is 48.3 Å². The monoisotopic (exact) mass is 761 g/mol. The van der Waals surface area contributed by atoms with Crippen LogP contribution < -0.4 is 19.5 Å². The summed E-state index contributed by atoms with van der Waals surface area (Å²) >= 11 is 1.19. The van der Waals surface area contributed by atoms with E-state index in [0.717, 1.165) is 52.0 Å². The summed E-state index contributed by atoms with van der Waals surface area (Å²) in [4.78, 5) is 37.2. The Balaban J connectivity index is 0.000000189. The van der Waals surface area contributed by atoms with Crippen LogP contribution in [0.4, 0.5) is 10.8 Å². The fourth-order valence-electron chi connectivity index (χ4n) is 5.64. The van der Waals surface area contributed by atoms with Crippen molar-refractivity contribution in [3.05, 3.63) is 137 Å². The molecule has 11 nitrogen and oxygen atoms in total. The van der Waals surface area contributed by atoms with Gasteiger partial charge in [-0.1, -0.05) is 48.5 Å². The highest BCUT2D eigenvalue weighted by atomic mass is 32.2. The number of anilines is 1. The number of nitrogens with one attached hydrogen (secondary N) is 2. The van der Waals surface area contributed by atoms with Crippen LogP contribution in [0.5, 0.6) is 11.5 Å². The summed E-state index contributed by atoms with van der Waals surface area (Å²) in [6, 6.07) is 27.4. The summed E-state index contributed by atoms with van der Waals surface area (Å²) < 4.78 is 38.3. The van der Waals surface area contributed by atoms with Crippen LogP contribution in [0, 0.1) is 20.8 Å². The Kier molecular flexibility index (Phi) is 12.1. The van der Waals surface area contributed by atoms with Crippen molar-refractivity contribution in [1.29, 1.82) is 0 Å². The quantitative estimate of drug-likeness (QED) is 0.122. The normalized spacial score (nSPS) is 11.9. The highest BCUT2D eigenvalue weighted by Crippen LogP contribution is 2.28. The Morgan fingerprint density at radius 2 is 1.67 bits per heavy atom. The van der Waals surface area contributed by atoms with Crippen molar-refractivity contribution < 1.29 is 27.5 Å². The van der Waals surface area contributed by atoms with Gasteiger partial charge in [-0.3, -0.25) is 24.3 Å². The van der Waals surface area contributed by atoms with Gasteiger partial charge in [0.15, 0.2) is 11.7 Å². The zero-order chi connectivity index (χ0) is 38.1. The Morgan fingerprint density at radius 3 is 2.43 bits per heavy atom. The standard InChI is InChI=1S/C21H17N3O4S2.C20H22N2O2/c1-14-3-2-4-17-18(9-10-22-20(14)17)28-19(25)13-15-5-7-16(8-6-15)30(26,27)24-21-23-11-12-29-21;1-14-7-8-18(11-15(14)2)24-13-20(23)21-10-9-17-12-16-5-3-4-6-19(16)22-17/h2-12H,13H2,1H3,(H,23,24);3-8,11H,9-10,12-13H2,1-2H3,(H,21,23). The molecule has 54 heavy (non-hydrogen) atoms. The van der Waals surface area contributed by atoms with Crippen molar-refractivity contribution in [2.75, 3.05) is 17.9 Å². The van der Waals surface area contributed by atoms with E-state index in [9.17, 15) is 18.0 Å². The number of rotatable bonds is 12. The zero-order valence-corrected chi connectivity index (χ0v) is 31.7. The van der Waals surface area contributed by atoms with Gasteiger partial charge in [-0.2, -0.15) is 0 Å². The maximum Gasteiger partial charge on any atom is 0.315 e. The Bertz CT molecular complexity index is 2410. The number of fused-ring (bicyclic) bond motifs is 2. The highest BCUT2D eigenvalue weighted by Gasteiger charge is 2.17. The molecule has 1 amide bonds. The van der Waals surface area contributed by atoms with Crippen molar-refractivity contribution in [3.8, 4) is 11.5 Å². The molecule has 7 rings (SSSR count). The molecule has 13 heteroatoms. The van der Waals surface area contributed by atoms with Crippen molar-refractivity contribution in [2.24, 2.45) is 4.99 Å². The molecule has 3 heterocycles. The number of aliphatic imine (C=N–C) groups is 1. The zero-order valence-electron chi connectivity index (χ0n) is 30.0. The summed E-state index contributed by atoms with van der Waals surface area (Å²) in [7, 11) is -3.73. The lowest BCUT2D eigenvalue weighted by atomic mass is 10.1. The molecule has 0 saturated carbocycles. The number of pyridine rings is 1. The topological polar surface area (TPSA) is 149 Å². The van der Waals surface area contributed by atoms with Crippen molar-refractivity contribution in [1.82, 2.24) is 15.3 Å². The lowest BCUT2D eigenvalue weighted by Gasteiger charge is -2.09. The molecule has 0 radical (unpaired) electrons. The molecular weight excluding hydrogens is 723 g/mol. The summed E-state index contributed by atoms with van der Waals surface area (Å²) in [5.41, 5.74) is 8.22. The number of esters is 1. The second-order valence-electron chi connectivity index (χ2n) is 12.6. The van der Waals surface area contributed by atoms with Crippen LogP contribution in [0.2, 0.25) is 0 Å². The molecule has 2 aromatic heterocycles. The molecule has 0 fully saturated rings. The molecule has 1 aliphatic rings. The average molecular weight is 762 g/mol. The smallest absolute Gasteiger partial charge is 0.315 e. The van der Waals surface area contributed by atoms with Gasteiger partial charge in [-0.05, 0) is 91.1 Å². The molecule has 0 spiro atoms. The lowest BCUT2D eigenvalue weighted by molar-refractivity contribution is -0.133. The van der Waals surface area contributed by atoms with Gasteiger partial charge in [0.1, 0.15) is 11.5 Å². The maximum atomic E-state index is 12.4. The number of hydrogen-bond donors (Lipinski definition) is 2. The van der Waals surface area contributed by atoms with E-state index < -0.39 is 16.0 Å². The summed E-state index contributed by atoms with van der Waals surface area (Å²) in [6.45, 7) is 6.65. The van der Waals surface area contributed by atoms with E-state index in [1.54, 1.807) is 29.8 Å². The molecule has 2 N–H and O–H groups in total. The van der Waals surface area contributed by atoms with Crippen molar-refractivity contribution in [3.63, 3.8) is 0 Å². The second-order valence-corrected chi connectivity index (χ2v) is 15.2. The number of carbonyl (C=O) groups excluding carboxylic acids is 2. The third-order valence-electron chi connectivity index (χ3n) is 8.64. The van der Waals surface area contributed by atoms with Crippen LogP contribution in [-0.2, 0) is 32.5 Å². The average Bonchev–Trinajstić information content (AvgIpc) is 3.82. The first-order valence-electron chi connectivity index (χ1n) is 17.2. The Morgan fingerprint density at radius 1 is 0.852 bits per heavy atom. The number of ether oxygens (including phenoxy) is 2. The Labute approximate surface area is 318 Å². The SMILES string of the molecule is Cc1ccc(OCC(=O)NCCC2=Nc3ccccc3C2)cc1C.Cc1cccc2c(OC(=O)Cc3ccc(S(=O)(=O)Nc4nccs4)cc3)ccnc12. The largest absolute Gasteiger partial charge is 0.484 e. The van der Waals surface area contributed by atoms with E-state index >= 15 is 0 Å². The van der Waals surface area contributed by atoms with Crippen LogP contribution in [0.1, 0.15) is 34.2 Å². The van der Waals surface area contributed by atoms with Gasteiger partial charge in [0.05, 0.1) is 22.5 Å².